The lowest BCUT2D eigenvalue weighted by molar-refractivity contribution is -0.125. The van der Waals surface area contributed by atoms with Gasteiger partial charge in [-0.3, -0.25) is 15.4 Å². The molecule has 0 bridgehead atoms. The summed E-state index contributed by atoms with van der Waals surface area (Å²) >= 11 is 0. The van der Waals surface area contributed by atoms with E-state index < -0.39 is 0 Å². The summed E-state index contributed by atoms with van der Waals surface area (Å²) in [5.41, 5.74) is 5.22. The average molecular weight is 202 g/mol. The molecule has 5 heteroatoms. The summed E-state index contributed by atoms with van der Waals surface area (Å²) in [6.45, 7) is 5.59. The van der Waals surface area contributed by atoms with E-state index in [1.807, 2.05) is 13.8 Å². The van der Waals surface area contributed by atoms with Crippen LogP contribution in [0.3, 0.4) is 0 Å². The van der Waals surface area contributed by atoms with Gasteiger partial charge in [-0.05, 0) is 12.8 Å². The average Bonchev–Trinajstić information content (AvgIpc) is 2.19. The Morgan fingerprint density at radius 3 is 2.36 bits per heavy atom. The highest BCUT2D eigenvalue weighted by Crippen LogP contribution is 2.06. The largest absolute Gasteiger partial charge is 0.343 e. The Morgan fingerprint density at radius 2 is 1.86 bits per heavy atom. The number of hydrogen-bond donors (Lipinski definition) is 4. The van der Waals surface area contributed by atoms with Crippen molar-refractivity contribution in [2.75, 3.05) is 20.0 Å². The Bertz CT molecular complexity index is 148. The number of nitrogens with one attached hydrogen (secondary N) is 3. The molecule has 0 atom stereocenters. The fraction of sp³-hybridized carbons (Fsp3) is 0.889. The van der Waals surface area contributed by atoms with E-state index in [2.05, 4.69) is 16.0 Å². The van der Waals surface area contributed by atoms with Crippen molar-refractivity contribution < 1.29 is 4.79 Å². The van der Waals surface area contributed by atoms with Gasteiger partial charge in [0.15, 0.2) is 0 Å². The molecule has 14 heavy (non-hydrogen) atoms. The highest BCUT2D eigenvalue weighted by molar-refractivity contribution is 5.78. The van der Waals surface area contributed by atoms with Crippen molar-refractivity contribution in [2.24, 2.45) is 11.7 Å². The summed E-state index contributed by atoms with van der Waals surface area (Å²) in [6, 6.07) is 0. The van der Waals surface area contributed by atoms with Crippen LogP contribution in [0, 0.1) is 5.92 Å². The summed E-state index contributed by atoms with van der Waals surface area (Å²) in [5, 5.41) is 8.70. The molecule has 0 saturated carbocycles. The molecule has 84 valence electrons. The standard InChI is InChI=1S/C9H22N4O/c1-3-8(4-2)9(14)13-7-12-6-11-5-10/h8,11-12H,3-7,10H2,1-2H3,(H,13,14). The van der Waals surface area contributed by atoms with Crippen molar-refractivity contribution in [1.29, 1.82) is 0 Å². The molecule has 0 aromatic heterocycles. The molecule has 1 amide bonds. The minimum atomic E-state index is 0.121. The first kappa shape index (κ1) is 13.4. The van der Waals surface area contributed by atoms with Gasteiger partial charge in [-0.25, -0.2) is 0 Å². The Balaban J connectivity index is 3.43. The molecule has 5 N–H and O–H groups in total. The van der Waals surface area contributed by atoms with Crippen molar-refractivity contribution in [2.45, 2.75) is 26.7 Å². The third-order valence-electron chi connectivity index (χ3n) is 2.14. The predicted molar refractivity (Wildman–Crippen MR) is 57.3 cm³/mol. The quantitative estimate of drug-likeness (QED) is 0.317. The summed E-state index contributed by atoms with van der Waals surface area (Å²) < 4.78 is 0. The van der Waals surface area contributed by atoms with Crippen LogP contribution in [0.2, 0.25) is 0 Å². The summed E-state index contributed by atoms with van der Waals surface area (Å²) in [6.07, 6.45) is 1.78. The van der Waals surface area contributed by atoms with E-state index in [1.54, 1.807) is 0 Å². The van der Waals surface area contributed by atoms with Gasteiger partial charge in [0.25, 0.3) is 0 Å². The van der Waals surface area contributed by atoms with Gasteiger partial charge in [0, 0.05) is 19.3 Å². The van der Waals surface area contributed by atoms with Gasteiger partial charge < -0.3 is 11.1 Å². The van der Waals surface area contributed by atoms with Gasteiger partial charge in [0.1, 0.15) is 0 Å². The van der Waals surface area contributed by atoms with Crippen LogP contribution in [0.25, 0.3) is 0 Å². The SMILES string of the molecule is CCC(CC)C(=O)NCNCNCN. The second-order valence-corrected chi connectivity index (χ2v) is 3.11. The Morgan fingerprint density at radius 1 is 1.21 bits per heavy atom. The number of hydrogen-bond acceptors (Lipinski definition) is 4. The second-order valence-electron chi connectivity index (χ2n) is 3.11. The van der Waals surface area contributed by atoms with Gasteiger partial charge in [0.05, 0.1) is 6.67 Å². The van der Waals surface area contributed by atoms with Gasteiger partial charge >= 0.3 is 0 Å². The number of rotatable bonds is 8. The van der Waals surface area contributed by atoms with Gasteiger partial charge in [-0.15, -0.1) is 0 Å². The molecule has 0 saturated heterocycles. The normalized spacial score (nSPS) is 10.6. The fourth-order valence-corrected chi connectivity index (χ4v) is 1.18. The smallest absolute Gasteiger partial charge is 0.224 e. The molecule has 0 radical (unpaired) electrons. The van der Waals surface area contributed by atoms with Crippen LogP contribution in [0.1, 0.15) is 26.7 Å². The Labute approximate surface area is 85.8 Å². The molecule has 0 aromatic rings. The Hall–Kier alpha value is -0.650. The van der Waals surface area contributed by atoms with Gasteiger partial charge in [-0.2, -0.15) is 0 Å². The van der Waals surface area contributed by atoms with Crippen LogP contribution in [-0.2, 0) is 4.79 Å². The minimum Gasteiger partial charge on any atom is -0.343 e. The van der Waals surface area contributed by atoms with Crippen LogP contribution < -0.4 is 21.7 Å². The molecule has 0 spiro atoms. The summed E-state index contributed by atoms with van der Waals surface area (Å²) in [4.78, 5) is 11.4. The van der Waals surface area contributed by atoms with Gasteiger partial charge in [-0.1, -0.05) is 13.8 Å². The molecule has 0 unspecified atom stereocenters. The van der Waals surface area contributed by atoms with E-state index in [4.69, 9.17) is 5.73 Å². The van der Waals surface area contributed by atoms with Crippen LogP contribution in [-0.4, -0.2) is 25.9 Å². The van der Waals surface area contributed by atoms with E-state index >= 15 is 0 Å². The molecule has 0 aromatic carbocycles. The maximum Gasteiger partial charge on any atom is 0.224 e. The molecule has 0 aliphatic carbocycles. The second kappa shape index (κ2) is 8.93. The summed E-state index contributed by atoms with van der Waals surface area (Å²) in [5.74, 6) is 0.259. The van der Waals surface area contributed by atoms with E-state index in [0.717, 1.165) is 12.8 Å². The maximum absolute atomic E-state index is 11.4. The molecule has 0 aliphatic heterocycles. The lowest BCUT2D eigenvalue weighted by Crippen LogP contribution is -2.41. The lowest BCUT2D eigenvalue weighted by Gasteiger charge is -2.13. The maximum atomic E-state index is 11.4. The van der Waals surface area contributed by atoms with E-state index in [9.17, 15) is 4.79 Å². The van der Waals surface area contributed by atoms with Crippen molar-refractivity contribution in [3.05, 3.63) is 0 Å². The first-order valence-electron chi connectivity index (χ1n) is 5.15. The molecular weight excluding hydrogens is 180 g/mol. The zero-order valence-electron chi connectivity index (χ0n) is 9.10. The van der Waals surface area contributed by atoms with Gasteiger partial charge in [0.2, 0.25) is 5.91 Å². The van der Waals surface area contributed by atoms with Crippen LogP contribution in [0.5, 0.6) is 0 Å². The Kier molecular flexibility index (Phi) is 8.51. The van der Waals surface area contributed by atoms with Crippen LogP contribution in [0.4, 0.5) is 0 Å². The van der Waals surface area contributed by atoms with Crippen LogP contribution in [0.15, 0.2) is 0 Å². The first-order chi connectivity index (χ1) is 6.76. The molecule has 0 fully saturated rings. The number of amides is 1. The van der Waals surface area contributed by atoms with Crippen molar-refractivity contribution in [3.8, 4) is 0 Å². The predicted octanol–water partition coefficient (Wildman–Crippen LogP) is -0.451. The summed E-state index contributed by atoms with van der Waals surface area (Å²) in [7, 11) is 0. The molecule has 0 aliphatic rings. The fourth-order valence-electron chi connectivity index (χ4n) is 1.18. The zero-order chi connectivity index (χ0) is 10.8. The van der Waals surface area contributed by atoms with E-state index in [-0.39, 0.29) is 11.8 Å². The topological polar surface area (TPSA) is 79.2 Å². The van der Waals surface area contributed by atoms with E-state index in [0.29, 0.717) is 20.0 Å². The first-order valence-corrected chi connectivity index (χ1v) is 5.15. The zero-order valence-corrected chi connectivity index (χ0v) is 9.10. The molecule has 0 heterocycles. The molecule has 0 rings (SSSR count). The van der Waals surface area contributed by atoms with Crippen molar-refractivity contribution in [3.63, 3.8) is 0 Å². The minimum absolute atomic E-state index is 0.121. The number of carbonyl (C=O) groups excluding carboxylic acids is 1. The van der Waals surface area contributed by atoms with E-state index in [1.165, 1.54) is 0 Å². The third kappa shape index (κ3) is 5.90. The van der Waals surface area contributed by atoms with Crippen LogP contribution >= 0.6 is 0 Å². The third-order valence-corrected chi connectivity index (χ3v) is 2.14. The van der Waals surface area contributed by atoms with Crippen molar-refractivity contribution in [1.82, 2.24) is 16.0 Å². The highest BCUT2D eigenvalue weighted by atomic mass is 16.1. The molecular formula is C9H22N4O. The number of nitrogens with two attached hydrogens (primary N) is 1. The highest BCUT2D eigenvalue weighted by Gasteiger charge is 2.12. The molecule has 5 nitrogen and oxygen atoms in total. The van der Waals surface area contributed by atoms with Crippen molar-refractivity contribution >= 4 is 5.91 Å². The lowest BCUT2D eigenvalue weighted by atomic mass is 10.0. The number of carbonyl (C=O) groups is 1. The monoisotopic (exact) mass is 202 g/mol.